The largest absolute Gasteiger partial charge is 0.472 e. The van der Waals surface area contributed by atoms with Crippen molar-refractivity contribution in [2.75, 3.05) is 59.4 Å². The Kier molecular flexibility index (Phi) is 19.2. The van der Waals surface area contributed by atoms with Crippen molar-refractivity contribution in [3.63, 3.8) is 0 Å². The fourth-order valence-electron chi connectivity index (χ4n) is 1.77. The number of phosphoric acid groups is 3. The normalized spacial score (nSPS) is 18.8. The molecule has 0 aromatic carbocycles. The summed E-state index contributed by atoms with van der Waals surface area (Å²) in [7, 11) is -18.2. The maximum Gasteiger partial charge on any atom is 0.472 e. The minimum Gasteiger partial charge on any atom is -0.429 e. The van der Waals surface area contributed by atoms with Crippen molar-refractivity contribution in [3.05, 3.63) is 12.5 Å². The molecule has 5 atom stereocenters. The first kappa shape index (κ1) is 37.6. The van der Waals surface area contributed by atoms with E-state index in [1.165, 1.54) is 5.54 Å². The Morgan fingerprint density at radius 2 is 1.40 bits per heavy atom. The van der Waals surface area contributed by atoms with Gasteiger partial charge in [0.25, 0.3) is 0 Å². The summed E-state index contributed by atoms with van der Waals surface area (Å²) in [6.07, 6.45) is 1.32. The predicted molar refractivity (Wildman–Crippen MR) is 123 cm³/mol. The highest BCUT2D eigenvalue weighted by molar-refractivity contribution is 7.52. The first-order valence-corrected chi connectivity index (χ1v) is 16.9. The number of rotatable bonds is 27. The molecule has 22 nitrogen and oxygen atoms in total. The Balaban J connectivity index is 4.33. The molecule has 5 unspecified atom stereocenters. The number of nitrogens with one attached hydrogen (secondary N) is 1. The van der Waals surface area contributed by atoms with E-state index >= 15 is 0 Å². The Bertz CT molecular complexity index is 924. The van der Waals surface area contributed by atoms with Gasteiger partial charge in [-0.25, -0.2) is 23.1 Å². The van der Waals surface area contributed by atoms with Crippen LogP contribution in [0.5, 0.6) is 0 Å². The minimum absolute atomic E-state index is 0.245. The molecule has 0 heterocycles. The van der Waals surface area contributed by atoms with Crippen LogP contribution in [0, 0.1) is 11.8 Å². The number of hydrogen-bond acceptors (Lipinski definition) is 17. The van der Waals surface area contributed by atoms with Gasteiger partial charge in [-0.1, -0.05) is 0 Å². The van der Waals surface area contributed by atoms with E-state index in [-0.39, 0.29) is 6.54 Å². The van der Waals surface area contributed by atoms with E-state index in [1.54, 1.807) is 0 Å². The van der Waals surface area contributed by atoms with Gasteiger partial charge in [-0.2, -0.15) is 5.54 Å². The molecule has 8 N–H and O–H groups in total. The zero-order valence-corrected chi connectivity index (χ0v) is 24.1. The predicted octanol–water partition coefficient (Wildman–Crippen LogP) is 0.0741. The third kappa shape index (κ3) is 25.3. The fourth-order valence-corrected chi connectivity index (χ4v) is 4.10. The SMILES string of the molecule is [3H]NCC(COP(=O)(O)O)COP(=O)(O)OCC(CNF)COP(=O)(O)OCCOOOOO/C=C/OP(C)(=O)O. The van der Waals surface area contributed by atoms with Crippen LogP contribution in [0.4, 0.5) is 4.48 Å². The lowest BCUT2D eigenvalue weighted by Crippen LogP contribution is -2.26. The molecule has 40 heavy (non-hydrogen) atoms. The summed E-state index contributed by atoms with van der Waals surface area (Å²) in [6.45, 7) is -3.79. The third-order valence-electron chi connectivity index (χ3n) is 3.48. The van der Waals surface area contributed by atoms with E-state index in [2.05, 4.69) is 52.0 Å². The highest BCUT2D eigenvalue weighted by Crippen LogP contribution is 2.46. The van der Waals surface area contributed by atoms with Crippen LogP contribution in [0.25, 0.3) is 0 Å². The molecule has 0 aliphatic carbocycles. The zero-order valence-electron chi connectivity index (χ0n) is 21.5. The molecule has 0 fully saturated rings. The van der Waals surface area contributed by atoms with Crippen LogP contribution < -0.4 is 11.3 Å². The minimum atomic E-state index is -4.85. The Morgan fingerprint density at radius 3 is 1.95 bits per heavy atom. The first-order valence-electron chi connectivity index (χ1n) is 10.8. The van der Waals surface area contributed by atoms with Crippen molar-refractivity contribution < 1.29 is 101 Å². The first-order chi connectivity index (χ1) is 19.0. The molecule has 27 heteroatoms. The molecule has 0 radical (unpaired) electrons. The number of nitrogens with two attached hydrogens (primary N) is 1. The average Bonchev–Trinajstić information content (AvgIpc) is 2.85. The van der Waals surface area contributed by atoms with Gasteiger partial charge in [0.05, 0.1) is 33.0 Å². The van der Waals surface area contributed by atoms with Crippen molar-refractivity contribution >= 4 is 31.1 Å². The second-order valence-corrected chi connectivity index (χ2v) is 13.0. The van der Waals surface area contributed by atoms with Crippen molar-refractivity contribution in [2.24, 2.45) is 17.6 Å². The summed E-state index contributed by atoms with van der Waals surface area (Å²) >= 11 is 0. The van der Waals surface area contributed by atoms with Gasteiger partial charge < -0.3 is 39.6 Å². The molecule has 0 bridgehead atoms. The second kappa shape index (κ2) is 20.5. The highest BCUT2D eigenvalue weighted by atomic mass is 31.2. The Labute approximate surface area is 227 Å². The summed E-state index contributed by atoms with van der Waals surface area (Å²) in [4.78, 5) is 54.1. The molecule has 0 amide bonds. The van der Waals surface area contributed by atoms with Crippen LogP contribution in [0.1, 0.15) is 0 Å². The summed E-state index contributed by atoms with van der Waals surface area (Å²) in [6, 6.07) is 0. The van der Waals surface area contributed by atoms with E-state index in [0.29, 0.717) is 12.5 Å². The van der Waals surface area contributed by atoms with E-state index in [9.17, 15) is 32.5 Å². The summed E-state index contributed by atoms with van der Waals surface area (Å²) in [5.74, 6) is -2.09. The Morgan fingerprint density at radius 1 is 0.825 bits per heavy atom. The molecular weight excluding hydrogens is 647 g/mol. The Hall–Kier alpha value is -0.450. The quantitative estimate of drug-likeness (QED) is 0.0151. The molecule has 0 aliphatic rings. The zero-order chi connectivity index (χ0) is 31.4. The third-order valence-corrected chi connectivity index (χ3v) is 6.42. The molecule has 240 valence electrons. The van der Waals surface area contributed by atoms with Crippen LogP contribution in [-0.2, 0) is 70.3 Å². The molecule has 0 aromatic heterocycles. The molecule has 0 saturated heterocycles. The van der Waals surface area contributed by atoms with Gasteiger partial charge in [0.15, 0.2) is 6.26 Å². The lowest BCUT2D eigenvalue weighted by molar-refractivity contribution is -0.700. The van der Waals surface area contributed by atoms with Gasteiger partial charge in [-0.05, 0) is 11.6 Å². The van der Waals surface area contributed by atoms with Crippen LogP contribution in [-0.4, -0.2) is 83.9 Å². The van der Waals surface area contributed by atoms with Gasteiger partial charge in [0.2, 0.25) is 0 Å². The molecule has 0 aromatic rings. The summed E-state index contributed by atoms with van der Waals surface area (Å²) in [5, 5.41) is 11.7. The van der Waals surface area contributed by atoms with Crippen molar-refractivity contribution in [2.45, 2.75) is 0 Å². The standard InChI is InChI=1S/C13H31FN2O20P4/c1-37(17,18)28-4-2-26-34-36-35-27-3-5-29-39(22,23)32-10-13(7-16-14)11-33-40(24,25)31-9-12(6-15)8-30-38(19,20)21/h2,4,12-13,16H,3,5-11,15H2,1H3,(H,17,18)(H,22,23)(H,24,25)(H2,19,20,21)/b4-2+/i/hT. The molecule has 0 saturated carbocycles. The van der Waals surface area contributed by atoms with Gasteiger partial charge in [-0.3, -0.25) is 22.6 Å². The average molecular weight is 680 g/mol. The van der Waals surface area contributed by atoms with Crippen LogP contribution in [0.15, 0.2) is 12.5 Å². The lowest BCUT2D eigenvalue weighted by atomic mass is 10.2. The fraction of sp³-hybridized carbons (Fsp3) is 0.846. The maximum atomic E-state index is 12.6. The topological polar surface area (TPSA) is 309 Å². The van der Waals surface area contributed by atoms with Gasteiger partial charge in [0.1, 0.15) is 14.3 Å². The monoisotopic (exact) mass is 680 g/mol. The summed E-state index contributed by atoms with van der Waals surface area (Å²) in [5.41, 5.74) is 3.14. The lowest BCUT2D eigenvalue weighted by Gasteiger charge is -2.21. The van der Waals surface area contributed by atoms with Crippen molar-refractivity contribution in [3.8, 4) is 0 Å². The van der Waals surface area contributed by atoms with Gasteiger partial charge >= 0.3 is 31.1 Å². The number of halogens is 1. The molecule has 0 aliphatic heterocycles. The molecule has 0 rings (SSSR count). The second-order valence-electron chi connectivity index (χ2n) is 7.02. The highest BCUT2D eigenvalue weighted by Gasteiger charge is 2.28. The van der Waals surface area contributed by atoms with E-state index < -0.39 is 89.1 Å². The molecular formula is C13H31FN2O20P4. The smallest absolute Gasteiger partial charge is 0.429 e. The van der Waals surface area contributed by atoms with Gasteiger partial charge in [0, 0.05) is 35.1 Å². The van der Waals surface area contributed by atoms with Crippen molar-refractivity contribution in [1.82, 2.24) is 5.54 Å². The van der Waals surface area contributed by atoms with E-state index in [1.807, 2.05) is 5.73 Å². The number of hydrogen-bond donors (Lipinski definition) is 7. The maximum absolute atomic E-state index is 12.6. The van der Waals surface area contributed by atoms with E-state index in [4.69, 9.17) is 16.1 Å². The van der Waals surface area contributed by atoms with Crippen molar-refractivity contribution in [1.29, 1.82) is 0 Å². The number of phosphoric ester groups is 3. The van der Waals surface area contributed by atoms with E-state index in [0.717, 1.165) is 6.66 Å². The van der Waals surface area contributed by atoms with Crippen LogP contribution in [0.3, 0.4) is 0 Å². The van der Waals surface area contributed by atoms with Gasteiger partial charge in [-0.15, -0.1) is 4.48 Å². The van der Waals surface area contributed by atoms with Crippen LogP contribution >= 0.6 is 31.1 Å². The van der Waals surface area contributed by atoms with Crippen LogP contribution in [0.2, 0.25) is 1.41 Å². The molecule has 0 spiro atoms. The summed E-state index contributed by atoms with van der Waals surface area (Å²) < 4.78 is 92.1.